The van der Waals surface area contributed by atoms with E-state index >= 15 is 0 Å². The molecule has 1 aliphatic heterocycles. The third kappa shape index (κ3) is 5.09. The second-order valence-corrected chi connectivity index (χ2v) is 9.21. The number of halogens is 1. The average molecular weight is 497 g/mol. The average Bonchev–Trinajstić information content (AvgIpc) is 3.31. The lowest BCUT2D eigenvalue weighted by molar-refractivity contribution is -0.385. The zero-order valence-electron chi connectivity index (χ0n) is 18.7. The molecule has 1 aliphatic rings. The molecule has 0 fully saturated rings. The van der Waals surface area contributed by atoms with E-state index in [1.165, 1.54) is 41.7 Å². The van der Waals surface area contributed by atoms with Crippen molar-refractivity contribution in [2.45, 2.75) is 32.6 Å². The molecule has 11 heteroatoms. The molecule has 0 radical (unpaired) electrons. The fraction of sp³-hybridized carbons (Fsp3) is 0.250. The molecule has 1 N–H and O–H groups in total. The van der Waals surface area contributed by atoms with E-state index < -0.39 is 16.7 Å². The van der Waals surface area contributed by atoms with Gasteiger partial charge in [-0.25, -0.2) is 9.37 Å². The number of nitro groups is 1. The molecule has 3 amide bonds. The van der Waals surface area contributed by atoms with E-state index in [9.17, 15) is 28.9 Å². The van der Waals surface area contributed by atoms with Gasteiger partial charge in [0, 0.05) is 29.5 Å². The van der Waals surface area contributed by atoms with E-state index in [1.54, 1.807) is 12.1 Å². The van der Waals surface area contributed by atoms with Crippen LogP contribution in [0.15, 0.2) is 42.5 Å². The minimum Gasteiger partial charge on any atom is -0.302 e. The number of thiazole rings is 1. The molecule has 1 aromatic heterocycles. The lowest BCUT2D eigenvalue weighted by Crippen LogP contribution is -2.30. The van der Waals surface area contributed by atoms with Gasteiger partial charge in [-0.2, -0.15) is 0 Å². The number of anilines is 1. The number of unbranched alkanes of at least 4 members (excludes halogenated alkanes) is 2. The number of nitrogens with zero attached hydrogens (tertiary/aromatic N) is 3. The Balaban J connectivity index is 1.25. The summed E-state index contributed by atoms with van der Waals surface area (Å²) in [5, 5.41) is 14.4. The first-order valence-electron chi connectivity index (χ1n) is 10.9. The summed E-state index contributed by atoms with van der Waals surface area (Å²) in [4.78, 5) is 54.3. The van der Waals surface area contributed by atoms with Crippen molar-refractivity contribution in [3.63, 3.8) is 0 Å². The molecule has 35 heavy (non-hydrogen) atoms. The van der Waals surface area contributed by atoms with Gasteiger partial charge in [-0.15, -0.1) is 11.3 Å². The Morgan fingerprint density at radius 1 is 1.11 bits per heavy atom. The SMILES string of the molecule is Cc1sc(NC(=O)CCCCCN2C(=O)c3cccc([N+](=O)[O-])c3C2=O)nc1-c1ccc(F)cc1. The maximum Gasteiger partial charge on any atom is 0.282 e. The predicted molar refractivity (Wildman–Crippen MR) is 128 cm³/mol. The lowest BCUT2D eigenvalue weighted by atomic mass is 10.1. The zero-order valence-corrected chi connectivity index (χ0v) is 19.6. The number of rotatable bonds is 9. The van der Waals surface area contributed by atoms with Crippen molar-refractivity contribution in [1.82, 2.24) is 9.88 Å². The Hall–Kier alpha value is -3.99. The van der Waals surface area contributed by atoms with E-state index in [1.807, 2.05) is 6.92 Å². The van der Waals surface area contributed by atoms with Crippen molar-refractivity contribution < 1.29 is 23.7 Å². The van der Waals surface area contributed by atoms with Crippen LogP contribution in [0.2, 0.25) is 0 Å². The van der Waals surface area contributed by atoms with Gasteiger partial charge in [0.1, 0.15) is 11.4 Å². The van der Waals surface area contributed by atoms with Crippen LogP contribution >= 0.6 is 11.3 Å². The van der Waals surface area contributed by atoms with Gasteiger partial charge in [-0.3, -0.25) is 29.4 Å². The summed E-state index contributed by atoms with van der Waals surface area (Å²) in [7, 11) is 0. The quantitative estimate of drug-likeness (QED) is 0.193. The van der Waals surface area contributed by atoms with E-state index in [0.29, 0.717) is 30.1 Å². The van der Waals surface area contributed by atoms with Crippen molar-refractivity contribution in [2.24, 2.45) is 0 Å². The molecular formula is C24H21FN4O5S. The summed E-state index contributed by atoms with van der Waals surface area (Å²) in [6.07, 6.45) is 1.82. The zero-order chi connectivity index (χ0) is 25.1. The van der Waals surface area contributed by atoms with E-state index in [0.717, 1.165) is 15.3 Å². The minimum atomic E-state index is -0.668. The Kier molecular flexibility index (Phi) is 6.97. The molecule has 2 heterocycles. The summed E-state index contributed by atoms with van der Waals surface area (Å²) in [5.41, 5.74) is 0.952. The summed E-state index contributed by atoms with van der Waals surface area (Å²) < 4.78 is 13.2. The Morgan fingerprint density at radius 2 is 1.86 bits per heavy atom. The molecule has 0 saturated heterocycles. The maximum atomic E-state index is 13.2. The third-order valence-corrected chi connectivity index (χ3v) is 6.51. The number of amides is 3. The normalized spacial score (nSPS) is 12.7. The van der Waals surface area contributed by atoms with Crippen LogP contribution in [0.25, 0.3) is 11.3 Å². The van der Waals surface area contributed by atoms with Gasteiger partial charge in [-0.05, 0) is 50.1 Å². The summed E-state index contributed by atoms with van der Waals surface area (Å²) in [6, 6.07) is 9.99. The first-order chi connectivity index (χ1) is 16.8. The number of nitrogens with one attached hydrogen (secondary N) is 1. The summed E-state index contributed by atoms with van der Waals surface area (Å²) >= 11 is 1.33. The topological polar surface area (TPSA) is 123 Å². The van der Waals surface area contributed by atoms with Gasteiger partial charge in [0.25, 0.3) is 17.5 Å². The van der Waals surface area contributed by atoms with E-state index in [-0.39, 0.29) is 41.5 Å². The van der Waals surface area contributed by atoms with Gasteiger partial charge in [0.05, 0.1) is 16.2 Å². The smallest absolute Gasteiger partial charge is 0.282 e. The van der Waals surface area contributed by atoms with Crippen LogP contribution in [0, 0.1) is 22.9 Å². The molecule has 0 aliphatic carbocycles. The summed E-state index contributed by atoms with van der Waals surface area (Å²) in [6.45, 7) is 2.00. The number of hydrogen-bond donors (Lipinski definition) is 1. The third-order valence-electron chi connectivity index (χ3n) is 5.62. The summed E-state index contributed by atoms with van der Waals surface area (Å²) in [5.74, 6) is -1.74. The number of imide groups is 1. The van der Waals surface area contributed by atoms with Crippen LogP contribution in [0.5, 0.6) is 0 Å². The Morgan fingerprint density at radius 3 is 2.57 bits per heavy atom. The molecule has 0 unspecified atom stereocenters. The van der Waals surface area contributed by atoms with Crippen molar-refractivity contribution >= 4 is 39.9 Å². The number of carbonyl (C=O) groups is 3. The number of aromatic nitrogens is 1. The number of benzene rings is 2. The lowest BCUT2D eigenvalue weighted by Gasteiger charge is -2.13. The monoisotopic (exact) mass is 496 g/mol. The number of carbonyl (C=O) groups excluding carboxylic acids is 3. The first kappa shape index (κ1) is 24.1. The first-order valence-corrected chi connectivity index (χ1v) is 11.7. The molecule has 3 aromatic rings. The number of fused-ring (bicyclic) bond motifs is 1. The Bertz CT molecular complexity index is 1320. The fourth-order valence-electron chi connectivity index (χ4n) is 3.91. The van der Waals surface area contributed by atoms with E-state index in [4.69, 9.17) is 0 Å². The fourth-order valence-corrected chi connectivity index (χ4v) is 4.76. The molecule has 4 rings (SSSR count). The largest absolute Gasteiger partial charge is 0.302 e. The van der Waals surface area contributed by atoms with Crippen LogP contribution in [-0.4, -0.2) is 39.1 Å². The van der Waals surface area contributed by atoms with Crippen LogP contribution in [-0.2, 0) is 4.79 Å². The highest BCUT2D eigenvalue weighted by Crippen LogP contribution is 2.32. The molecule has 0 spiro atoms. The van der Waals surface area contributed by atoms with Gasteiger partial charge in [0.15, 0.2) is 5.13 Å². The van der Waals surface area contributed by atoms with Gasteiger partial charge in [-0.1, -0.05) is 12.5 Å². The van der Waals surface area contributed by atoms with Crippen molar-refractivity contribution in [3.8, 4) is 11.3 Å². The van der Waals surface area contributed by atoms with Crippen molar-refractivity contribution in [2.75, 3.05) is 11.9 Å². The second kappa shape index (κ2) is 10.1. The standard InChI is InChI=1S/C24H21FN4O5S/c1-14-21(15-9-11-16(25)12-10-15)27-24(35-14)26-19(30)8-3-2-4-13-28-22(31)17-6-5-7-18(29(33)34)20(17)23(28)32/h5-7,9-12H,2-4,8,13H2,1H3,(H,26,27,30). The highest BCUT2D eigenvalue weighted by atomic mass is 32.1. The molecule has 9 nitrogen and oxygen atoms in total. The van der Waals surface area contributed by atoms with Crippen LogP contribution in [0.3, 0.4) is 0 Å². The molecule has 180 valence electrons. The van der Waals surface area contributed by atoms with Crippen LogP contribution < -0.4 is 5.32 Å². The van der Waals surface area contributed by atoms with Gasteiger partial charge < -0.3 is 5.32 Å². The number of hydrogen-bond acceptors (Lipinski definition) is 7. The van der Waals surface area contributed by atoms with E-state index in [2.05, 4.69) is 10.3 Å². The van der Waals surface area contributed by atoms with Crippen LogP contribution in [0.4, 0.5) is 15.2 Å². The molecule has 0 bridgehead atoms. The van der Waals surface area contributed by atoms with Crippen LogP contribution in [0.1, 0.15) is 51.3 Å². The molecule has 0 saturated carbocycles. The minimum absolute atomic E-state index is 0.0438. The highest BCUT2D eigenvalue weighted by molar-refractivity contribution is 7.16. The predicted octanol–water partition coefficient (Wildman–Crippen LogP) is 4.96. The van der Waals surface area contributed by atoms with Crippen molar-refractivity contribution in [1.29, 1.82) is 0 Å². The highest BCUT2D eigenvalue weighted by Gasteiger charge is 2.40. The Labute approximate surface area is 203 Å². The van der Waals surface area contributed by atoms with Gasteiger partial charge in [0.2, 0.25) is 5.91 Å². The molecule has 2 aromatic carbocycles. The van der Waals surface area contributed by atoms with Gasteiger partial charge >= 0.3 is 0 Å². The molecule has 0 atom stereocenters. The second-order valence-electron chi connectivity index (χ2n) is 8.01. The molecular weight excluding hydrogens is 475 g/mol. The maximum absolute atomic E-state index is 13.2. The number of nitro benzene ring substituents is 1. The number of aryl methyl sites for hydroxylation is 1. The van der Waals surface area contributed by atoms with Crippen molar-refractivity contribution in [3.05, 3.63) is 74.4 Å².